The summed E-state index contributed by atoms with van der Waals surface area (Å²) in [7, 11) is 0. The predicted molar refractivity (Wildman–Crippen MR) is 148 cm³/mol. The lowest BCUT2D eigenvalue weighted by molar-refractivity contribution is 0.0269. The van der Waals surface area contributed by atoms with Crippen LogP contribution in [-0.2, 0) is 27.4 Å². The molecule has 202 valence electrons. The Morgan fingerprint density at radius 1 is 0.769 bits per heavy atom. The Kier molecular flexibility index (Phi) is 8.81. The first-order chi connectivity index (χ1) is 18.7. The van der Waals surface area contributed by atoms with Crippen LogP contribution in [-0.4, -0.2) is 41.6 Å². The Morgan fingerprint density at radius 3 is 1.90 bits per heavy atom. The lowest BCUT2D eigenvalue weighted by atomic mass is 9.91. The molecule has 0 atom stereocenters. The third-order valence-corrected chi connectivity index (χ3v) is 6.12. The van der Waals surface area contributed by atoms with Gasteiger partial charge in [-0.3, -0.25) is 0 Å². The highest BCUT2D eigenvalue weighted by Gasteiger charge is 2.28. The fourth-order valence-electron chi connectivity index (χ4n) is 4.21. The number of carbonyl (C=O) groups excluding carboxylic acids is 3. The van der Waals surface area contributed by atoms with E-state index in [1.807, 2.05) is 87.5 Å². The van der Waals surface area contributed by atoms with Crippen LogP contribution in [0.15, 0.2) is 84.9 Å². The number of nitrogens with zero attached hydrogens (tertiary/aromatic N) is 1. The molecule has 0 radical (unpaired) electrons. The van der Waals surface area contributed by atoms with Crippen molar-refractivity contribution >= 4 is 23.6 Å². The maximum Gasteiger partial charge on any atom is 0.410 e. The van der Waals surface area contributed by atoms with Crippen molar-refractivity contribution in [1.29, 1.82) is 0 Å². The van der Waals surface area contributed by atoms with Gasteiger partial charge in [-0.15, -0.1) is 0 Å². The smallest absolute Gasteiger partial charge is 0.410 e. The normalized spacial score (nSPS) is 13.3. The van der Waals surface area contributed by atoms with Crippen LogP contribution in [0.1, 0.15) is 64.6 Å². The second-order valence-electron chi connectivity index (χ2n) is 10.3. The van der Waals surface area contributed by atoms with E-state index in [0.717, 1.165) is 16.7 Å². The van der Waals surface area contributed by atoms with Crippen LogP contribution in [0.3, 0.4) is 0 Å². The van der Waals surface area contributed by atoms with Gasteiger partial charge in [0.05, 0.1) is 11.1 Å². The average Bonchev–Trinajstić information content (AvgIpc) is 2.94. The summed E-state index contributed by atoms with van der Waals surface area (Å²) in [4.78, 5) is 40.8. The van der Waals surface area contributed by atoms with Gasteiger partial charge in [0.25, 0.3) is 0 Å². The van der Waals surface area contributed by atoms with Crippen molar-refractivity contribution in [3.63, 3.8) is 0 Å². The molecule has 0 spiro atoms. The highest BCUT2D eigenvalue weighted by molar-refractivity contribution is 6.06. The number of amides is 1. The van der Waals surface area contributed by atoms with Crippen LogP contribution < -0.4 is 0 Å². The molecular formula is C32H33NO6. The molecule has 0 aliphatic carbocycles. The summed E-state index contributed by atoms with van der Waals surface area (Å²) in [5, 5.41) is 0. The minimum Gasteiger partial charge on any atom is -0.457 e. The van der Waals surface area contributed by atoms with Gasteiger partial charge in [0.15, 0.2) is 0 Å². The lowest BCUT2D eigenvalue weighted by Crippen LogP contribution is -2.39. The highest BCUT2D eigenvalue weighted by atomic mass is 16.6. The Balaban J connectivity index is 1.60. The largest absolute Gasteiger partial charge is 0.457 e. The van der Waals surface area contributed by atoms with Gasteiger partial charge in [-0.05, 0) is 55.5 Å². The van der Waals surface area contributed by atoms with E-state index in [0.29, 0.717) is 25.1 Å². The van der Waals surface area contributed by atoms with Crippen LogP contribution in [0.5, 0.6) is 0 Å². The van der Waals surface area contributed by atoms with E-state index in [2.05, 4.69) is 0 Å². The van der Waals surface area contributed by atoms with E-state index in [-0.39, 0.29) is 24.3 Å². The summed E-state index contributed by atoms with van der Waals surface area (Å²) in [5.41, 5.74) is 2.81. The molecule has 1 heterocycles. The Bertz CT molecular complexity index is 1340. The molecule has 0 saturated carbocycles. The molecule has 0 unspecified atom stereocenters. The van der Waals surface area contributed by atoms with E-state index in [4.69, 9.17) is 14.2 Å². The molecule has 1 aliphatic rings. The molecule has 0 N–H and O–H groups in total. The van der Waals surface area contributed by atoms with Crippen molar-refractivity contribution in [2.45, 2.75) is 46.0 Å². The molecule has 7 heteroatoms. The van der Waals surface area contributed by atoms with Crippen LogP contribution in [0.2, 0.25) is 0 Å². The van der Waals surface area contributed by atoms with Gasteiger partial charge < -0.3 is 19.1 Å². The van der Waals surface area contributed by atoms with Crippen LogP contribution in [0, 0.1) is 0 Å². The van der Waals surface area contributed by atoms with Gasteiger partial charge in [0.2, 0.25) is 0 Å². The van der Waals surface area contributed by atoms with Gasteiger partial charge in [0.1, 0.15) is 18.8 Å². The number of hydrogen-bond donors (Lipinski definition) is 0. The molecule has 1 amide bonds. The molecule has 3 aromatic rings. The van der Waals surface area contributed by atoms with E-state index >= 15 is 0 Å². The zero-order valence-corrected chi connectivity index (χ0v) is 22.5. The van der Waals surface area contributed by atoms with E-state index < -0.39 is 23.6 Å². The summed E-state index contributed by atoms with van der Waals surface area (Å²) in [6.45, 7) is 6.37. The predicted octanol–water partition coefficient (Wildman–Crippen LogP) is 6.42. The van der Waals surface area contributed by atoms with Crippen molar-refractivity contribution < 1.29 is 28.6 Å². The molecule has 0 saturated heterocycles. The van der Waals surface area contributed by atoms with Crippen molar-refractivity contribution in [2.75, 3.05) is 13.1 Å². The maximum atomic E-state index is 13.5. The Hall–Kier alpha value is -4.39. The molecule has 3 aromatic carbocycles. The number of ether oxygens (including phenoxy) is 3. The minimum absolute atomic E-state index is 0.0674. The molecule has 7 nitrogen and oxygen atoms in total. The zero-order valence-electron chi connectivity index (χ0n) is 22.5. The van der Waals surface area contributed by atoms with E-state index in [1.165, 1.54) is 0 Å². The standard InChI is InChI=1S/C32H33NO6/c1-32(2,3)39-31(36)33-19-17-25(18-20-33)26-15-10-16-27(29(34)37-21-23-11-6-4-7-12-23)28(26)30(35)38-22-24-13-8-5-9-14-24/h4-17H,18-22H2,1-3H3. The van der Waals surface area contributed by atoms with Gasteiger partial charge in [0, 0.05) is 13.1 Å². The number of rotatable bonds is 7. The van der Waals surface area contributed by atoms with Gasteiger partial charge in [-0.2, -0.15) is 0 Å². The molecular weight excluding hydrogens is 494 g/mol. The molecule has 39 heavy (non-hydrogen) atoms. The topological polar surface area (TPSA) is 82.1 Å². The zero-order chi connectivity index (χ0) is 27.8. The average molecular weight is 528 g/mol. The monoisotopic (exact) mass is 527 g/mol. The second kappa shape index (κ2) is 12.4. The quantitative estimate of drug-likeness (QED) is 0.260. The van der Waals surface area contributed by atoms with Crippen LogP contribution >= 0.6 is 0 Å². The third kappa shape index (κ3) is 7.57. The Morgan fingerprint density at radius 2 is 1.36 bits per heavy atom. The second-order valence-corrected chi connectivity index (χ2v) is 10.3. The van der Waals surface area contributed by atoms with E-state index in [1.54, 1.807) is 23.1 Å². The summed E-state index contributed by atoms with van der Waals surface area (Å²) < 4.78 is 16.7. The van der Waals surface area contributed by atoms with Crippen molar-refractivity contribution in [2.24, 2.45) is 0 Å². The van der Waals surface area contributed by atoms with Crippen molar-refractivity contribution in [3.8, 4) is 0 Å². The molecule has 0 fully saturated rings. The fourth-order valence-corrected chi connectivity index (χ4v) is 4.21. The number of benzene rings is 3. The minimum atomic E-state index is -0.614. The Labute approximate surface area is 229 Å². The number of carbonyl (C=O) groups is 3. The summed E-state index contributed by atoms with van der Waals surface area (Å²) in [6.07, 6.45) is 1.98. The molecule has 0 aromatic heterocycles. The van der Waals surface area contributed by atoms with Crippen molar-refractivity contribution in [1.82, 2.24) is 4.90 Å². The first-order valence-electron chi connectivity index (χ1n) is 12.9. The number of esters is 2. The summed E-state index contributed by atoms with van der Waals surface area (Å²) in [6, 6.07) is 23.8. The molecule has 1 aliphatic heterocycles. The molecule has 0 bridgehead atoms. The molecule has 4 rings (SSSR count). The highest BCUT2D eigenvalue weighted by Crippen LogP contribution is 2.30. The first-order valence-corrected chi connectivity index (χ1v) is 12.9. The summed E-state index contributed by atoms with van der Waals surface area (Å²) in [5.74, 6) is -1.23. The van der Waals surface area contributed by atoms with Crippen LogP contribution in [0.25, 0.3) is 5.57 Å². The number of hydrogen-bond acceptors (Lipinski definition) is 6. The van der Waals surface area contributed by atoms with E-state index in [9.17, 15) is 14.4 Å². The van der Waals surface area contributed by atoms with Crippen molar-refractivity contribution in [3.05, 3.63) is 113 Å². The third-order valence-electron chi connectivity index (χ3n) is 6.12. The van der Waals surface area contributed by atoms with Gasteiger partial charge >= 0.3 is 18.0 Å². The van der Waals surface area contributed by atoms with Gasteiger partial charge in [-0.25, -0.2) is 14.4 Å². The maximum absolute atomic E-state index is 13.5. The van der Waals surface area contributed by atoms with Gasteiger partial charge in [-0.1, -0.05) is 78.9 Å². The van der Waals surface area contributed by atoms with Crippen LogP contribution in [0.4, 0.5) is 4.79 Å². The lowest BCUT2D eigenvalue weighted by Gasteiger charge is -2.30. The fraction of sp³-hybridized carbons (Fsp3) is 0.281. The first kappa shape index (κ1) is 27.6. The summed E-state index contributed by atoms with van der Waals surface area (Å²) >= 11 is 0. The SMILES string of the molecule is CC(C)(C)OC(=O)N1CC=C(c2cccc(C(=O)OCc3ccccc3)c2C(=O)OCc2ccccc2)CC1.